The minimum atomic E-state index is -1.31. The Morgan fingerprint density at radius 2 is 1.92 bits per heavy atom. The van der Waals surface area contributed by atoms with Gasteiger partial charge in [-0.1, -0.05) is 0 Å². The zero-order valence-corrected chi connectivity index (χ0v) is 14.8. The number of carbonyl (C=O) groups excluding carboxylic acids is 2. The average molecular weight is 347 g/mol. The first-order valence-electron chi connectivity index (χ1n) is 7.65. The lowest BCUT2D eigenvalue weighted by Gasteiger charge is -2.29. The third kappa shape index (κ3) is 4.52. The van der Waals surface area contributed by atoms with Gasteiger partial charge >= 0.3 is 5.97 Å². The normalized spacial score (nSPS) is 11.9. The maximum Gasteiger partial charge on any atom is 0.331 e. The van der Waals surface area contributed by atoms with Crippen LogP contribution in [0, 0.1) is 0 Å². The maximum atomic E-state index is 12.3. The fraction of sp³-hybridized carbons (Fsp3) is 0.438. The zero-order chi connectivity index (χ0) is 18.8. The van der Waals surface area contributed by atoms with Crippen LogP contribution in [-0.2, 0) is 9.53 Å². The second-order valence-corrected chi connectivity index (χ2v) is 6.98. The molecule has 0 unspecified atom stereocenters. The van der Waals surface area contributed by atoms with Crippen molar-refractivity contribution in [3.05, 3.63) is 40.6 Å². The Morgan fingerprint density at radius 1 is 1.24 bits per heavy atom. The number of hydrogen-bond donors (Lipinski definition) is 2. The molecule has 2 heterocycles. The highest BCUT2D eigenvalue weighted by Crippen LogP contribution is 2.14. The molecule has 2 aromatic heterocycles. The number of nitrogens with zero attached hydrogens (tertiary/aromatic N) is 3. The quantitative estimate of drug-likeness (QED) is 0.790. The summed E-state index contributed by atoms with van der Waals surface area (Å²) in [5.74, 6) is -1.15. The first-order valence-corrected chi connectivity index (χ1v) is 7.65. The average Bonchev–Trinajstić information content (AvgIpc) is 2.98. The highest BCUT2D eigenvalue weighted by atomic mass is 16.6. The molecule has 1 amide bonds. The van der Waals surface area contributed by atoms with Crippen LogP contribution in [0.5, 0.6) is 0 Å². The highest BCUT2D eigenvalue weighted by molar-refractivity contribution is 5.97. The number of aromatic nitrogens is 4. The van der Waals surface area contributed by atoms with E-state index in [0.29, 0.717) is 0 Å². The second-order valence-electron chi connectivity index (χ2n) is 6.98. The van der Waals surface area contributed by atoms with E-state index in [9.17, 15) is 14.4 Å². The Labute approximate surface area is 144 Å². The summed E-state index contributed by atoms with van der Waals surface area (Å²) in [7, 11) is 0. The predicted molar refractivity (Wildman–Crippen MR) is 89.4 cm³/mol. The van der Waals surface area contributed by atoms with Crippen molar-refractivity contribution in [3.8, 4) is 5.95 Å². The molecule has 0 saturated carbocycles. The van der Waals surface area contributed by atoms with Crippen molar-refractivity contribution < 1.29 is 14.3 Å². The molecule has 0 bridgehead atoms. The Kier molecular flexibility index (Phi) is 4.78. The molecule has 2 rings (SSSR count). The van der Waals surface area contributed by atoms with Gasteiger partial charge in [-0.15, -0.1) is 0 Å². The number of aromatic amines is 1. The molecule has 134 valence electrons. The number of amides is 1. The predicted octanol–water partition coefficient (Wildman–Crippen LogP) is 0.806. The van der Waals surface area contributed by atoms with Gasteiger partial charge in [0, 0.05) is 18.6 Å². The summed E-state index contributed by atoms with van der Waals surface area (Å²) in [4.78, 5) is 43.2. The number of rotatable bonds is 4. The number of ether oxygens (including phenoxy) is 1. The fourth-order valence-corrected chi connectivity index (χ4v) is 1.87. The van der Waals surface area contributed by atoms with Crippen molar-refractivity contribution in [2.75, 3.05) is 0 Å². The van der Waals surface area contributed by atoms with Crippen LogP contribution in [0.4, 0.5) is 0 Å². The number of hydrogen-bond acceptors (Lipinski definition) is 6. The van der Waals surface area contributed by atoms with Crippen LogP contribution >= 0.6 is 0 Å². The van der Waals surface area contributed by atoms with Crippen molar-refractivity contribution in [1.82, 2.24) is 25.1 Å². The third-order valence-corrected chi connectivity index (χ3v) is 3.09. The lowest BCUT2D eigenvalue weighted by Crippen LogP contribution is -2.53. The Bertz CT molecular complexity index is 831. The first kappa shape index (κ1) is 18.4. The van der Waals surface area contributed by atoms with Gasteiger partial charge in [-0.05, 0) is 40.7 Å². The molecule has 0 radical (unpaired) electrons. The topological polar surface area (TPSA) is 119 Å². The summed E-state index contributed by atoms with van der Waals surface area (Å²) < 4.78 is 6.63. The van der Waals surface area contributed by atoms with E-state index in [0.717, 1.165) is 6.20 Å². The molecule has 0 aliphatic heterocycles. The van der Waals surface area contributed by atoms with Crippen LogP contribution in [0.15, 0.2) is 29.5 Å². The van der Waals surface area contributed by atoms with E-state index in [1.807, 2.05) is 0 Å². The lowest BCUT2D eigenvalue weighted by molar-refractivity contribution is -0.161. The van der Waals surface area contributed by atoms with E-state index in [2.05, 4.69) is 20.4 Å². The summed E-state index contributed by atoms with van der Waals surface area (Å²) >= 11 is 0. The van der Waals surface area contributed by atoms with E-state index in [4.69, 9.17) is 4.74 Å². The molecule has 2 N–H and O–H groups in total. The van der Waals surface area contributed by atoms with Gasteiger partial charge in [-0.3, -0.25) is 14.6 Å². The van der Waals surface area contributed by atoms with Crippen molar-refractivity contribution in [1.29, 1.82) is 0 Å². The highest BCUT2D eigenvalue weighted by Gasteiger charge is 2.34. The molecule has 0 spiro atoms. The van der Waals surface area contributed by atoms with E-state index < -0.39 is 28.6 Å². The Morgan fingerprint density at radius 3 is 2.44 bits per heavy atom. The monoisotopic (exact) mass is 347 g/mol. The standard InChI is InChI=1S/C16H21N5O4/c1-15(2,3)25-13(24)16(4,5)20-12(23)10-9-17-14(19-11(10)22)21-8-6-7-18-21/h6-9H,1-5H3,(H,20,23)(H,17,19,22). The Hall–Kier alpha value is -2.97. The molecule has 0 saturated heterocycles. The SMILES string of the molecule is CC(C)(C)OC(=O)C(C)(C)NC(=O)c1cnc(-n2cccn2)[nH]c1=O. The molecule has 0 aromatic carbocycles. The smallest absolute Gasteiger partial charge is 0.331 e. The molecule has 9 heteroatoms. The Balaban J connectivity index is 2.18. The molecule has 0 aliphatic rings. The van der Waals surface area contributed by atoms with Gasteiger partial charge in [0.1, 0.15) is 16.7 Å². The van der Waals surface area contributed by atoms with E-state index >= 15 is 0 Å². The van der Waals surface area contributed by atoms with Crippen LogP contribution in [0.25, 0.3) is 5.95 Å². The first-order chi connectivity index (χ1) is 11.5. The fourth-order valence-electron chi connectivity index (χ4n) is 1.87. The van der Waals surface area contributed by atoms with Crippen LogP contribution < -0.4 is 10.9 Å². The number of H-pyrrole nitrogens is 1. The van der Waals surface area contributed by atoms with E-state index in [-0.39, 0.29) is 11.5 Å². The van der Waals surface area contributed by atoms with Crippen molar-refractivity contribution in [2.24, 2.45) is 0 Å². The molecule has 25 heavy (non-hydrogen) atoms. The molecule has 0 aliphatic carbocycles. The van der Waals surface area contributed by atoms with Gasteiger partial charge in [0.25, 0.3) is 11.5 Å². The van der Waals surface area contributed by atoms with Crippen molar-refractivity contribution >= 4 is 11.9 Å². The summed E-state index contributed by atoms with van der Waals surface area (Å²) in [6.07, 6.45) is 4.27. The maximum absolute atomic E-state index is 12.3. The molecular weight excluding hydrogens is 326 g/mol. The van der Waals surface area contributed by atoms with Crippen LogP contribution in [0.1, 0.15) is 45.0 Å². The van der Waals surface area contributed by atoms with Crippen molar-refractivity contribution in [2.45, 2.75) is 45.8 Å². The van der Waals surface area contributed by atoms with Gasteiger partial charge in [-0.2, -0.15) is 5.10 Å². The largest absolute Gasteiger partial charge is 0.458 e. The van der Waals surface area contributed by atoms with Crippen molar-refractivity contribution in [3.63, 3.8) is 0 Å². The van der Waals surface area contributed by atoms with Crippen LogP contribution in [-0.4, -0.2) is 42.8 Å². The molecule has 0 fully saturated rings. The minimum Gasteiger partial charge on any atom is -0.458 e. The van der Waals surface area contributed by atoms with Gasteiger partial charge < -0.3 is 10.1 Å². The molecular formula is C16H21N5O4. The van der Waals surface area contributed by atoms with Gasteiger partial charge in [0.2, 0.25) is 5.95 Å². The summed E-state index contributed by atoms with van der Waals surface area (Å²) in [5, 5.41) is 6.44. The number of carbonyl (C=O) groups is 2. The minimum absolute atomic E-state index is 0.179. The number of esters is 1. The third-order valence-electron chi connectivity index (χ3n) is 3.09. The van der Waals surface area contributed by atoms with Crippen LogP contribution in [0.2, 0.25) is 0 Å². The van der Waals surface area contributed by atoms with Gasteiger partial charge in [-0.25, -0.2) is 14.5 Å². The lowest BCUT2D eigenvalue weighted by atomic mass is 10.0. The molecule has 9 nitrogen and oxygen atoms in total. The zero-order valence-electron chi connectivity index (χ0n) is 14.8. The molecule has 0 atom stereocenters. The van der Waals surface area contributed by atoms with E-state index in [1.54, 1.807) is 33.0 Å². The summed E-state index contributed by atoms with van der Waals surface area (Å²) in [6.45, 7) is 8.18. The summed E-state index contributed by atoms with van der Waals surface area (Å²) in [5.41, 5.74) is -2.86. The van der Waals surface area contributed by atoms with E-state index in [1.165, 1.54) is 24.7 Å². The summed E-state index contributed by atoms with van der Waals surface area (Å²) in [6, 6.07) is 1.67. The second kappa shape index (κ2) is 6.50. The van der Waals surface area contributed by atoms with Gasteiger partial charge in [0.05, 0.1) is 0 Å². The molecule has 2 aromatic rings. The number of nitrogens with one attached hydrogen (secondary N) is 2. The van der Waals surface area contributed by atoms with Crippen LogP contribution in [0.3, 0.4) is 0 Å². The van der Waals surface area contributed by atoms with Gasteiger partial charge in [0.15, 0.2) is 0 Å².